The van der Waals surface area contributed by atoms with Gasteiger partial charge in [-0.05, 0) is 36.9 Å². The number of benzene rings is 1. The number of carboxylic acid groups (broad SMARTS) is 1. The molecule has 0 bridgehead atoms. The average molecular weight is 458 g/mol. The number of H-pyrrole nitrogens is 1. The summed E-state index contributed by atoms with van der Waals surface area (Å²) >= 11 is 0. The summed E-state index contributed by atoms with van der Waals surface area (Å²) < 4.78 is 0. The van der Waals surface area contributed by atoms with Gasteiger partial charge in [0.1, 0.15) is 18.6 Å². The van der Waals surface area contributed by atoms with E-state index >= 15 is 0 Å². The highest BCUT2D eigenvalue weighted by molar-refractivity contribution is 5.94. The highest BCUT2D eigenvalue weighted by Gasteiger charge is 2.32. The fourth-order valence-electron chi connectivity index (χ4n) is 3.97. The molecule has 10 nitrogen and oxygen atoms in total. The van der Waals surface area contributed by atoms with Crippen LogP contribution in [0.1, 0.15) is 32.3 Å². The molecule has 10 heteroatoms. The van der Waals surface area contributed by atoms with Gasteiger partial charge in [0.2, 0.25) is 17.7 Å². The third kappa shape index (κ3) is 6.32. The number of aliphatic carboxylic acids is 1. The second-order valence-corrected chi connectivity index (χ2v) is 8.62. The van der Waals surface area contributed by atoms with E-state index in [0.717, 1.165) is 29.4 Å². The molecule has 0 aliphatic carbocycles. The van der Waals surface area contributed by atoms with Gasteiger partial charge in [-0.15, -0.1) is 0 Å². The predicted molar refractivity (Wildman–Crippen MR) is 122 cm³/mol. The number of aromatic amines is 1. The topological polar surface area (TPSA) is 152 Å². The standard InChI is InChI=1S/C23H31N5O5/c1-13(2)20(28-22(32)17-8-5-9-24-17)23(33)27-18(21(31)26-12-19(29)30)10-14-11-25-16-7-4-3-6-15(14)16/h3-4,6-7,11,13,17-18,20,24-25H,5,8-10,12H2,1-2H3,(H,26,31)(H,27,33)(H,28,32)(H,29,30). The number of hydrogen-bond donors (Lipinski definition) is 6. The summed E-state index contributed by atoms with van der Waals surface area (Å²) in [6, 6.07) is 5.38. The van der Waals surface area contributed by atoms with Gasteiger partial charge in [-0.3, -0.25) is 19.2 Å². The largest absolute Gasteiger partial charge is 0.480 e. The molecule has 1 aliphatic rings. The summed E-state index contributed by atoms with van der Waals surface area (Å²) in [6.07, 6.45) is 3.53. The Hall–Kier alpha value is -3.40. The molecular weight excluding hydrogens is 426 g/mol. The maximum absolute atomic E-state index is 13.1. The first-order valence-corrected chi connectivity index (χ1v) is 11.1. The summed E-state index contributed by atoms with van der Waals surface area (Å²) in [6.45, 7) is 3.82. The Morgan fingerprint density at radius 1 is 1.12 bits per heavy atom. The van der Waals surface area contributed by atoms with Crippen molar-refractivity contribution in [2.45, 2.75) is 51.2 Å². The molecule has 1 fully saturated rings. The van der Waals surface area contributed by atoms with Gasteiger partial charge in [-0.1, -0.05) is 32.0 Å². The van der Waals surface area contributed by atoms with Crippen molar-refractivity contribution in [1.29, 1.82) is 0 Å². The van der Waals surface area contributed by atoms with Gasteiger partial charge >= 0.3 is 5.97 Å². The number of aromatic nitrogens is 1. The summed E-state index contributed by atoms with van der Waals surface area (Å²) in [5.41, 5.74) is 1.70. The third-order valence-electron chi connectivity index (χ3n) is 5.77. The van der Waals surface area contributed by atoms with Crippen LogP contribution in [0.3, 0.4) is 0 Å². The molecule has 6 N–H and O–H groups in total. The van der Waals surface area contributed by atoms with E-state index in [9.17, 15) is 19.2 Å². The smallest absolute Gasteiger partial charge is 0.322 e. The van der Waals surface area contributed by atoms with Crippen LogP contribution in [0.25, 0.3) is 10.9 Å². The van der Waals surface area contributed by atoms with Crippen LogP contribution in [0.15, 0.2) is 30.5 Å². The summed E-state index contributed by atoms with van der Waals surface area (Å²) in [5.74, 6) is -2.75. The van der Waals surface area contributed by atoms with Gasteiger partial charge in [0, 0.05) is 23.5 Å². The SMILES string of the molecule is CC(C)C(NC(=O)C1CCCN1)C(=O)NC(Cc1c[nH]c2ccccc12)C(=O)NCC(=O)O. The highest BCUT2D eigenvalue weighted by atomic mass is 16.4. The maximum atomic E-state index is 13.1. The lowest BCUT2D eigenvalue weighted by Gasteiger charge is -2.26. The Bertz CT molecular complexity index is 1010. The Morgan fingerprint density at radius 2 is 1.88 bits per heavy atom. The zero-order valence-electron chi connectivity index (χ0n) is 18.8. The molecule has 3 rings (SSSR count). The minimum Gasteiger partial charge on any atom is -0.480 e. The van der Waals surface area contributed by atoms with Crippen LogP contribution in [0.4, 0.5) is 0 Å². The van der Waals surface area contributed by atoms with Crippen LogP contribution in [0.2, 0.25) is 0 Å². The van der Waals surface area contributed by atoms with Gasteiger partial charge in [0.25, 0.3) is 0 Å². The second kappa shape index (κ2) is 11.0. The lowest BCUT2D eigenvalue weighted by atomic mass is 10.00. The van der Waals surface area contributed by atoms with Gasteiger partial charge < -0.3 is 31.4 Å². The van der Waals surface area contributed by atoms with Crippen molar-refractivity contribution in [2.75, 3.05) is 13.1 Å². The molecule has 1 aromatic heterocycles. The monoisotopic (exact) mass is 457 g/mol. The van der Waals surface area contributed by atoms with E-state index in [1.165, 1.54) is 0 Å². The number of carboxylic acids is 1. The fourth-order valence-corrected chi connectivity index (χ4v) is 3.97. The van der Waals surface area contributed by atoms with Gasteiger partial charge in [0.15, 0.2) is 0 Å². The summed E-state index contributed by atoms with van der Waals surface area (Å²) in [5, 5.41) is 20.8. The van der Waals surface area contributed by atoms with Gasteiger partial charge in [-0.2, -0.15) is 0 Å². The Balaban J connectivity index is 1.76. The van der Waals surface area contributed by atoms with E-state index in [0.29, 0.717) is 6.42 Å². The lowest BCUT2D eigenvalue weighted by molar-refractivity contribution is -0.138. The van der Waals surface area contributed by atoms with Crippen molar-refractivity contribution in [3.05, 3.63) is 36.0 Å². The molecule has 178 valence electrons. The highest BCUT2D eigenvalue weighted by Crippen LogP contribution is 2.19. The molecule has 0 spiro atoms. The van der Waals surface area contributed by atoms with E-state index in [4.69, 9.17) is 5.11 Å². The molecule has 3 unspecified atom stereocenters. The molecule has 0 saturated carbocycles. The Labute approximate surface area is 191 Å². The molecule has 1 saturated heterocycles. The van der Waals surface area contributed by atoms with Crippen LogP contribution >= 0.6 is 0 Å². The van der Waals surface area contributed by atoms with E-state index < -0.39 is 36.4 Å². The summed E-state index contributed by atoms with van der Waals surface area (Å²) in [7, 11) is 0. The average Bonchev–Trinajstić information content (AvgIpc) is 3.45. The first-order chi connectivity index (χ1) is 15.8. The number of para-hydroxylation sites is 1. The second-order valence-electron chi connectivity index (χ2n) is 8.62. The number of nitrogens with one attached hydrogen (secondary N) is 5. The van der Waals surface area contributed by atoms with Crippen molar-refractivity contribution in [3.63, 3.8) is 0 Å². The van der Waals surface area contributed by atoms with Crippen molar-refractivity contribution >= 4 is 34.6 Å². The number of fused-ring (bicyclic) bond motifs is 1. The van der Waals surface area contributed by atoms with Crippen LogP contribution < -0.4 is 21.3 Å². The van der Waals surface area contributed by atoms with Crippen LogP contribution in [0.5, 0.6) is 0 Å². The van der Waals surface area contributed by atoms with Crippen LogP contribution in [0, 0.1) is 5.92 Å². The molecule has 3 amide bonds. The molecule has 0 radical (unpaired) electrons. The Kier molecular flexibility index (Phi) is 8.05. The molecule has 3 atom stereocenters. The first-order valence-electron chi connectivity index (χ1n) is 11.1. The van der Waals surface area contributed by atoms with E-state index in [1.54, 1.807) is 6.20 Å². The number of amides is 3. The predicted octanol–water partition coefficient (Wildman–Crippen LogP) is 0.289. The maximum Gasteiger partial charge on any atom is 0.322 e. The van der Waals surface area contributed by atoms with Crippen molar-refractivity contribution in [1.82, 2.24) is 26.3 Å². The van der Waals surface area contributed by atoms with Gasteiger partial charge in [0.05, 0.1) is 6.04 Å². The molecule has 2 heterocycles. The van der Waals surface area contributed by atoms with Crippen molar-refractivity contribution < 1.29 is 24.3 Å². The van der Waals surface area contributed by atoms with Gasteiger partial charge in [-0.25, -0.2) is 0 Å². The molecule has 1 aliphatic heterocycles. The lowest BCUT2D eigenvalue weighted by Crippen LogP contribution is -2.58. The van der Waals surface area contributed by atoms with E-state index in [1.807, 2.05) is 38.1 Å². The molecular formula is C23H31N5O5. The van der Waals surface area contributed by atoms with Crippen LogP contribution in [-0.2, 0) is 25.6 Å². The fraction of sp³-hybridized carbons (Fsp3) is 0.478. The zero-order chi connectivity index (χ0) is 24.0. The quantitative estimate of drug-likeness (QED) is 0.302. The van der Waals surface area contributed by atoms with Crippen molar-refractivity contribution in [3.8, 4) is 0 Å². The van der Waals surface area contributed by atoms with Crippen molar-refractivity contribution in [2.24, 2.45) is 5.92 Å². The summed E-state index contributed by atoms with van der Waals surface area (Å²) in [4.78, 5) is 52.5. The normalized spacial score (nSPS) is 17.5. The number of hydrogen-bond acceptors (Lipinski definition) is 5. The first kappa shape index (κ1) is 24.2. The third-order valence-corrected chi connectivity index (χ3v) is 5.77. The zero-order valence-corrected chi connectivity index (χ0v) is 18.8. The molecule has 33 heavy (non-hydrogen) atoms. The Morgan fingerprint density at radius 3 is 2.55 bits per heavy atom. The minimum atomic E-state index is -1.18. The number of carbonyl (C=O) groups is 4. The number of carbonyl (C=O) groups excluding carboxylic acids is 3. The van der Waals surface area contributed by atoms with E-state index in [-0.39, 0.29) is 24.3 Å². The minimum absolute atomic E-state index is 0.157. The molecule has 2 aromatic rings. The van der Waals surface area contributed by atoms with Crippen LogP contribution in [-0.4, -0.2) is 65.0 Å². The van der Waals surface area contributed by atoms with E-state index in [2.05, 4.69) is 26.3 Å². The number of rotatable bonds is 10. The molecule has 1 aromatic carbocycles.